The fourth-order valence-electron chi connectivity index (χ4n) is 1.73. The zero-order chi connectivity index (χ0) is 10.4. The van der Waals surface area contributed by atoms with Crippen LogP contribution in [0.15, 0.2) is 0 Å². The first-order valence-corrected chi connectivity index (χ1v) is 5.06. The number of hydrogen-bond donors (Lipinski definition) is 0. The van der Waals surface area contributed by atoms with Crippen molar-refractivity contribution in [2.75, 3.05) is 34.0 Å². The van der Waals surface area contributed by atoms with Crippen molar-refractivity contribution in [3.8, 4) is 0 Å². The average molecular weight is 204 g/mol. The Bertz CT molecular complexity index is 151. The van der Waals surface area contributed by atoms with Gasteiger partial charge < -0.3 is 18.9 Å². The van der Waals surface area contributed by atoms with E-state index in [0.717, 1.165) is 6.42 Å². The van der Waals surface area contributed by atoms with Crippen molar-refractivity contribution < 1.29 is 18.9 Å². The Kier molecular flexibility index (Phi) is 5.40. The van der Waals surface area contributed by atoms with Crippen molar-refractivity contribution in [2.24, 2.45) is 0 Å². The minimum Gasteiger partial charge on any atom is -0.382 e. The van der Waals surface area contributed by atoms with Crippen LogP contribution >= 0.6 is 0 Å². The summed E-state index contributed by atoms with van der Waals surface area (Å²) in [5, 5.41) is 0. The maximum Gasteiger partial charge on any atom is 0.107 e. The van der Waals surface area contributed by atoms with Crippen LogP contribution in [0.5, 0.6) is 0 Å². The van der Waals surface area contributed by atoms with E-state index in [9.17, 15) is 0 Å². The quantitative estimate of drug-likeness (QED) is 0.665. The van der Waals surface area contributed by atoms with E-state index >= 15 is 0 Å². The summed E-state index contributed by atoms with van der Waals surface area (Å²) in [4.78, 5) is 0. The largest absolute Gasteiger partial charge is 0.382 e. The Hall–Kier alpha value is -0.160. The Morgan fingerprint density at radius 3 is 2.64 bits per heavy atom. The van der Waals surface area contributed by atoms with Crippen molar-refractivity contribution >= 4 is 0 Å². The van der Waals surface area contributed by atoms with E-state index in [-0.39, 0.29) is 18.3 Å². The van der Waals surface area contributed by atoms with Gasteiger partial charge in [0.1, 0.15) is 6.10 Å². The predicted molar refractivity (Wildman–Crippen MR) is 52.4 cm³/mol. The third kappa shape index (κ3) is 3.20. The molecule has 4 heteroatoms. The first-order chi connectivity index (χ1) is 6.81. The van der Waals surface area contributed by atoms with Gasteiger partial charge in [0.05, 0.1) is 25.4 Å². The Balaban J connectivity index is 2.39. The fourth-order valence-corrected chi connectivity index (χ4v) is 1.73. The van der Waals surface area contributed by atoms with Crippen molar-refractivity contribution in [3.63, 3.8) is 0 Å². The molecular weight excluding hydrogens is 184 g/mol. The third-order valence-corrected chi connectivity index (χ3v) is 2.44. The second kappa shape index (κ2) is 6.35. The van der Waals surface area contributed by atoms with E-state index in [1.54, 1.807) is 14.2 Å². The van der Waals surface area contributed by atoms with Crippen LogP contribution < -0.4 is 0 Å². The van der Waals surface area contributed by atoms with Crippen LogP contribution in [0.25, 0.3) is 0 Å². The van der Waals surface area contributed by atoms with Crippen molar-refractivity contribution in [2.45, 2.75) is 31.7 Å². The highest BCUT2D eigenvalue weighted by molar-refractivity contribution is 4.80. The van der Waals surface area contributed by atoms with E-state index in [4.69, 9.17) is 18.9 Å². The molecule has 1 aliphatic rings. The molecule has 0 bridgehead atoms. The van der Waals surface area contributed by atoms with Gasteiger partial charge in [-0.3, -0.25) is 0 Å². The van der Waals surface area contributed by atoms with Crippen LogP contribution in [0.4, 0.5) is 0 Å². The lowest BCUT2D eigenvalue weighted by molar-refractivity contribution is -0.161. The number of hydrogen-bond acceptors (Lipinski definition) is 4. The van der Waals surface area contributed by atoms with Gasteiger partial charge in [-0.2, -0.15) is 0 Å². The molecule has 0 N–H and O–H groups in total. The maximum atomic E-state index is 5.60. The highest BCUT2D eigenvalue weighted by atomic mass is 16.6. The lowest BCUT2D eigenvalue weighted by Crippen LogP contribution is -2.45. The van der Waals surface area contributed by atoms with Crippen molar-refractivity contribution in [1.82, 2.24) is 0 Å². The second-order valence-corrected chi connectivity index (χ2v) is 3.41. The van der Waals surface area contributed by atoms with Crippen LogP contribution in [0.1, 0.15) is 13.3 Å². The molecule has 3 atom stereocenters. The number of methoxy groups -OCH3 is 2. The molecule has 0 saturated carbocycles. The molecule has 1 aliphatic heterocycles. The SMILES string of the molecule is CCOC1CC(COC)OCC1OC. The first-order valence-electron chi connectivity index (χ1n) is 5.06. The molecule has 0 spiro atoms. The summed E-state index contributed by atoms with van der Waals surface area (Å²) in [5.41, 5.74) is 0. The summed E-state index contributed by atoms with van der Waals surface area (Å²) in [6.45, 7) is 3.92. The normalized spacial score (nSPS) is 33.2. The molecule has 1 rings (SSSR count). The number of rotatable bonds is 5. The summed E-state index contributed by atoms with van der Waals surface area (Å²) in [6, 6.07) is 0. The van der Waals surface area contributed by atoms with E-state index in [0.29, 0.717) is 19.8 Å². The van der Waals surface area contributed by atoms with Gasteiger partial charge in [0, 0.05) is 27.2 Å². The zero-order valence-corrected chi connectivity index (χ0v) is 9.19. The second-order valence-electron chi connectivity index (χ2n) is 3.41. The van der Waals surface area contributed by atoms with Crippen molar-refractivity contribution in [3.05, 3.63) is 0 Å². The van der Waals surface area contributed by atoms with E-state index in [1.165, 1.54) is 0 Å². The van der Waals surface area contributed by atoms with Gasteiger partial charge in [-0.15, -0.1) is 0 Å². The van der Waals surface area contributed by atoms with Crippen LogP contribution in [0.3, 0.4) is 0 Å². The summed E-state index contributed by atoms with van der Waals surface area (Å²) in [5.74, 6) is 0. The fraction of sp³-hybridized carbons (Fsp3) is 1.00. The molecule has 84 valence electrons. The molecule has 3 unspecified atom stereocenters. The molecule has 14 heavy (non-hydrogen) atoms. The number of ether oxygens (including phenoxy) is 4. The van der Waals surface area contributed by atoms with Gasteiger partial charge >= 0.3 is 0 Å². The van der Waals surface area contributed by atoms with Crippen LogP contribution in [0.2, 0.25) is 0 Å². The molecule has 1 saturated heterocycles. The Morgan fingerprint density at radius 2 is 2.07 bits per heavy atom. The standard InChI is InChI=1S/C10H20O4/c1-4-13-9-5-8(6-11-2)14-7-10(9)12-3/h8-10H,4-7H2,1-3H3. The highest BCUT2D eigenvalue weighted by Crippen LogP contribution is 2.19. The third-order valence-electron chi connectivity index (χ3n) is 2.44. The van der Waals surface area contributed by atoms with Gasteiger partial charge in [-0.25, -0.2) is 0 Å². The zero-order valence-electron chi connectivity index (χ0n) is 9.19. The van der Waals surface area contributed by atoms with Crippen LogP contribution in [0, 0.1) is 0 Å². The monoisotopic (exact) mass is 204 g/mol. The smallest absolute Gasteiger partial charge is 0.107 e. The van der Waals surface area contributed by atoms with Gasteiger partial charge in [0.15, 0.2) is 0 Å². The Morgan fingerprint density at radius 1 is 1.29 bits per heavy atom. The van der Waals surface area contributed by atoms with E-state index in [1.807, 2.05) is 6.92 Å². The minimum atomic E-state index is 0.0584. The molecule has 4 nitrogen and oxygen atoms in total. The molecule has 1 fully saturated rings. The molecule has 1 heterocycles. The summed E-state index contributed by atoms with van der Waals surface area (Å²) in [6.07, 6.45) is 1.19. The van der Waals surface area contributed by atoms with E-state index in [2.05, 4.69) is 0 Å². The summed E-state index contributed by atoms with van der Waals surface area (Å²) >= 11 is 0. The molecule has 0 aromatic carbocycles. The van der Waals surface area contributed by atoms with Gasteiger partial charge in [-0.1, -0.05) is 0 Å². The highest BCUT2D eigenvalue weighted by Gasteiger charge is 2.31. The average Bonchev–Trinajstić information content (AvgIpc) is 2.19. The Labute approximate surface area is 85.5 Å². The van der Waals surface area contributed by atoms with Crippen molar-refractivity contribution in [1.29, 1.82) is 0 Å². The topological polar surface area (TPSA) is 36.9 Å². The first kappa shape index (κ1) is 11.9. The lowest BCUT2D eigenvalue weighted by Gasteiger charge is -2.34. The predicted octanol–water partition coefficient (Wildman–Crippen LogP) is 0.842. The lowest BCUT2D eigenvalue weighted by atomic mass is 10.0. The molecule has 0 aromatic heterocycles. The molecule has 0 aliphatic carbocycles. The van der Waals surface area contributed by atoms with Gasteiger partial charge in [0.25, 0.3) is 0 Å². The van der Waals surface area contributed by atoms with Gasteiger partial charge in [0.2, 0.25) is 0 Å². The van der Waals surface area contributed by atoms with Crippen LogP contribution in [-0.2, 0) is 18.9 Å². The summed E-state index contributed by atoms with van der Waals surface area (Å²) in [7, 11) is 3.37. The molecule has 0 amide bonds. The van der Waals surface area contributed by atoms with E-state index < -0.39 is 0 Å². The maximum absolute atomic E-state index is 5.60. The minimum absolute atomic E-state index is 0.0584. The summed E-state index contributed by atoms with van der Waals surface area (Å²) < 4.78 is 21.5. The molecule has 0 radical (unpaired) electrons. The molecular formula is C10H20O4. The van der Waals surface area contributed by atoms with Gasteiger partial charge in [-0.05, 0) is 6.92 Å². The van der Waals surface area contributed by atoms with Crippen LogP contribution in [-0.4, -0.2) is 52.4 Å². The molecule has 0 aromatic rings.